The fourth-order valence-electron chi connectivity index (χ4n) is 4.49. The SMILES string of the molecule is CCCCC1CCC(C(=O)Nc2scc(-c3ccc(OC)c(OC)c3)c2C(=O)OCC)CC1. The minimum atomic E-state index is -0.442. The Morgan fingerprint density at radius 3 is 2.42 bits per heavy atom. The predicted molar refractivity (Wildman–Crippen MR) is 132 cm³/mol. The zero-order chi connectivity index (χ0) is 23.8. The van der Waals surface area contributed by atoms with Crippen molar-refractivity contribution >= 4 is 28.2 Å². The number of carbonyl (C=O) groups is 2. The molecule has 33 heavy (non-hydrogen) atoms. The quantitative estimate of drug-likeness (QED) is 0.396. The number of carbonyl (C=O) groups excluding carboxylic acids is 2. The molecular weight excluding hydrogens is 438 g/mol. The molecule has 3 rings (SSSR count). The van der Waals surface area contributed by atoms with Crippen molar-refractivity contribution in [2.75, 3.05) is 26.1 Å². The van der Waals surface area contributed by atoms with Crippen molar-refractivity contribution in [2.24, 2.45) is 11.8 Å². The summed E-state index contributed by atoms with van der Waals surface area (Å²) in [5.74, 6) is 1.46. The molecule has 6 nitrogen and oxygen atoms in total. The molecule has 1 heterocycles. The maximum absolute atomic E-state index is 13.1. The molecular formula is C26H35NO5S. The highest BCUT2D eigenvalue weighted by Crippen LogP contribution is 2.40. The van der Waals surface area contributed by atoms with Gasteiger partial charge in [0, 0.05) is 16.9 Å². The number of rotatable bonds is 10. The van der Waals surface area contributed by atoms with E-state index in [0.29, 0.717) is 27.6 Å². The van der Waals surface area contributed by atoms with Crippen LogP contribution in [0.2, 0.25) is 0 Å². The van der Waals surface area contributed by atoms with Crippen LogP contribution >= 0.6 is 11.3 Å². The van der Waals surface area contributed by atoms with E-state index >= 15 is 0 Å². The minimum Gasteiger partial charge on any atom is -0.493 e. The van der Waals surface area contributed by atoms with Gasteiger partial charge >= 0.3 is 5.97 Å². The smallest absolute Gasteiger partial charge is 0.341 e. The molecule has 1 aliphatic rings. The highest BCUT2D eigenvalue weighted by Gasteiger charge is 2.29. The number of hydrogen-bond acceptors (Lipinski definition) is 6. The highest BCUT2D eigenvalue weighted by molar-refractivity contribution is 7.15. The number of nitrogens with one attached hydrogen (secondary N) is 1. The molecule has 0 saturated heterocycles. The predicted octanol–water partition coefficient (Wildman–Crippen LogP) is 6.54. The first-order valence-electron chi connectivity index (χ1n) is 11.8. The maximum atomic E-state index is 13.1. The first-order valence-corrected chi connectivity index (χ1v) is 12.7. The van der Waals surface area contributed by atoms with Gasteiger partial charge in [0.05, 0.1) is 20.8 Å². The van der Waals surface area contributed by atoms with Crippen LogP contribution in [0.25, 0.3) is 11.1 Å². The van der Waals surface area contributed by atoms with E-state index in [1.54, 1.807) is 27.2 Å². The van der Waals surface area contributed by atoms with Gasteiger partial charge in [-0.25, -0.2) is 4.79 Å². The number of anilines is 1. The number of methoxy groups -OCH3 is 2. The topological polar surface area (TPSA) is 73.9 Å². The van der Waals surface area contributed by atoms with E-state index < -0.39 is 5.97 Å². The standard InChI is InChI=1S/C26H35NO5S/c1-5-7-8-17-9-11-18(12-10-17)24(28)27-25-23(26(29)32-6-2)20(16-33-25)19-13-14-21(30-3)22(15-19)31-4/h13-18H,5-12H2,1-4H3,(H,27,28). The minimum absolute atomic E-state index is 0.00444. The molecule has 7 heteroatoms. The van der Waals surface area contributed by atoms with Gasteiger partial charge in [-0.15, -0.1) is 11.3 Å². The van der Waals surface area contributed by atoms with Crippen LogP contribution in [-0.2, 0) is 9.53 Å². The van der Waals surface area contributed by atoms with Crippen LogP contribution in [0, 0.1) is 11.8 Å². The van der Waals surface area contributed by atoms with Crippen LogP contribution in [0.4, 0.5) is 5.00 Å². The molecule has 1 amide bonds. The van der Waals surface area contributed by atoms with Crippen molar-refractivity contribution in [1.29, 1.82) is 0 Å². The number of esters is 1. The zero-order valence-corrected chi connectivity index (χ0v) is 20.9. The fraction of sp³-hybridized carbons (Fsp3) is 0.538. The lowest BCUT2D eigenvalue weighted by molar-refractivity contribution is -0.121. The summed E-state index contributed by atoms with van der Waals surface area (Å²) in [5.41, 5.74) is 1.89. The number of amides is 1. The summed E-state index contributed by atoms with van der Waals surface area (Å²) in [5, 5.41) is 5.46. The molecule has 1 aliphatic carbocycles. The van der Waals surface area contributed by atoms with E-state index in [-0.39, 0.29) is 18.4 Å². The summed E-state index contributed by atoms with van der Waals surface area (Å²) >= 11 is 1.35. The fourth-order valence-corrected chi connectivity index (χ4v) is 5.45. The highest BCUT2D eigenvalue weighted by atomic mass is 32.1. The average Bonchev–Trinajstić information content (AvgIpc) is 3.26. The molecule has 1 N–H and O–H groups in total. The summed E-state index contributed by atoms with van der Waals surface area (Å²) in [4.78, 5) is 25.9. The molecule has 0 bridgehead atoms. The molecule has 1 saturated carbocycles. The van der Waals surface area contributed by atoms with Crippen molar-refractivity contribution in [3.8, 4) is 22.6 Å². The Bertz CT molecular complexity index is 946. The second-order valence-electron chi connectivity index (χ2n) is 8.49. The van der Waals surface area contributed by atoms with Crippen molar-refractivity contribution in [3.05, 3.63) is 29.1 Å². The third kappa shape index (κ3) is 6.08. The molecule has 1 fully saturated rings. The van der Waals surface area contributed by atoms with Gasteiger partial charge in [0.15, 0.2) is 11.5 Å². The van der Waals surface area contributed by atoms with Crippen LogP contribution in [-0.4, -0.2) is 32.7 Å². The van der Waals surface area contributed by atoms with E-state index in [4.69, 9.17) is 14.2 Å². The summed E-state index contributed by atoms with van der Waals surface area (Å²) in [6.45, 7) is 4.25. The molecule has 0 atom stereocenters. The van der Waals surface area contributed by atoms with Crippen LogP contribution in [0.15, 0.2) is 23.6 Å². The summed E-state index contributed by atoms with van der Waals surface area (Å²) in [7, 11) is 3.15. The molecule has 0 spiro atoms. The van der Waals surface area contributed by atoms with E-state index in [0.717, 1.165) is 37.2 Å². The second kappa shape index (κ2) is 12.1. The lowest BCUT2D eigenvalue weighted by Gasteiger charge is -2.27. The van der Waals surface area contributed by atoms with Crippen molar-refractivity contribution in [3.63, 3.8) is 0 Å². The van der Waals surface area contributed by atoms with E-state index in [2.05, 4.69) is 12.2 Å². The van der Waals surface area contributed by atoms with Crippen LogP contribution in [0.3, 0.4) is 0 Å². The van der Waals surface area contributed by atoms with Gasteiger partial charge in [-0.05, 0) is 56.2 Å². The van der Waals surface area contributed by atoms with Gasteiger partial charge in [-0.2, -0.15) is 0 Å². The molecule has 0 radical (unpaired) electrons. The monoisotopic (exact) mass is 473 g/mol. The Morgan fingerprint density at radius 1 is 1.06 bits per heavy atom. The first-order chi connectivity index (χ1) is 16.0. The summed E-state index contributed by atoms with van der Waals surface area (Å²) in [6, 6.07) is 5.50. The normalized spacial score (nSPS) is 17.9. The Labute approximate surface area is 200 Å². The van der Waals surface area contributed by atoms with E-state index in [1.165, 1.54) is 30.6 Å². The summed E-state index contributed by atoms with van der Waals surface area (Å²) < 4.78 is 16.1. The number of ether oxygens (including phenoxy) is 3. The van der Waals surface area contributed by atoms with E-state index in [1.807, 2.05) is 17.5 Å². The van der Waals surface area contributed by atoms with Gasteiger partial charge in [0.1, 0.15) is 10.6 Å². The Balaban J connectivity index is 1.81. The second-order valence-corrected chi connectivity index (χ2v) is 9.37. The number of unbranched alkanes of at least 4 members (excludes halogenated alkanes) is 1. The lowest BCUT2D eigenvalue weighted by Crippen LogP contribution is -2.27. The van der Waals surface area contributed by atoms with Crippen molar-refractivity contribution in [1.82, 2.24) is 0 Å². The zero-order valence-electron chi connectivity index (χ0n) is 20.1. The summed E-state index contributed by atoms with van der Waals surface area (Å²) in [6.07, 6.45) is 7.76. The number of thiophene rings is 1. The van der Waals surface area contributed by atoms with Crippen LogP contribution in [0.5, 0.6) is 11.5 Å². The average molecular weight is 474 g/mol. The van der Waals surface area contributed by atoms with Crippen LogP contribution in [0.1, 0.15) is 69.2 Å². The third-order valence-electron chi connectivity index (χ3n) is 6.39. The van der Waals surface area contributed by atoms with Gasteiger partial charge in [-0.1, -0.05) is 32.3 Å². The van der Waals surface area contributed by atoms with Gasteiger partial charge in [-0.3, -0.25) is 4.79 Å². The molecule has 0 aliphatic heterocycles. The Morgan fingerprint density at radius 2 is 1.79 bits per heavy atom. The molecule has 1 aromatic heterocycles. The third-order valence-corrected chi connectivity index (χ3v) is 7.28. The Kier molecular flexibility index (Phi) is 9.18. The maximum Gasteiger partial charge on any atom is 0.341 e. The molecule has 1 aromatic carbocycles. The van der Waals surface area contributed by atoms with Crippen molar-refractivity contribution in [2.45, 2.75) is 58.8 Å². The largest absolute Gasteiger partial charge is 0.493 e. The number of benzene rings is 1. The van der Waals surface area contributed by atoms with Gasteiger partial charge < -0.3 is 19.5 Å². The molecule has 180 valence electrons. The lowest BCUT2D eigenvalue weighted by atomic mass is 9.79. The van der Waals surface area contributed by atoms with Crippen LogP contribution < -0.4 is 14.8 Å². The van der Waals surface area contributed by atoms with Gasteiger partial charge in [0.25, 0.3) is 0 Å². The molecule has 0 unspecified atom stereocenters. The van der Waals surface area contributed by atoms with Crippen molar-refractivity contribution < 1.29 is 23.8 Å². The first kappa shape index (κ1) is 25.1. The van der Waals surface area contributed by atoms with E-state index in [9.17, 15) is 9.59 Å². The Hall–Kier alpha value is -2.54. The molecule has 2 aromatic rings. The van der Waals surface area contributed by atoms with Gasteiger partial charge in [0.2, 0.25) is 5.91 Å². The number of hydrogen-bond donors (Lipinski definition) is 1.